The average Bonchev–Trinajstić information content (AvgIpc) is 2.04. The molecule has 0 atom stereocenters. The van der Waals surface area contributed by atoms with Crippen LogP contribution in [0.4, 0.5) is 5.82 Å². The van der Waals surface area contributed by atoms with Crippen LogP contribution >= 0.6 is 0 Å². The molecule has 0 aliphatic carbocycles. The summed E-state index contributed by atoms with van der Waals surface area (Å²) in [6.07, 6.45) is 4.65. The van der Waals surface area contributed by atoms with Crippen LogP contribution in [0, 0.1) is 0 Å². The Kier molecular flexibility index (Phi) is 1.15. The first-order chi connectivity index (χ1) is 5.36. The van der Waals surface area contributed by atoms with Crippen LogP contribution in [0.15, 0.2) is 17.3 Å². The normalized spacial score (nSPS) is 13.1. The molecule has 0 spiro atoms. The smallest absolute Gasteiger partial charge is 0.346 e. The minimum absolute atomic E-state index is 0.393. The van der Waals surface area contributed by atoms with Crippen molar-refractivity contribution in [3.05, 3.63) is 28.5 Å². The van der Waals surface area contributed by atoms with Crippen LogP contribution in [-0.2, 0) is 4.84 Å². The van der Waals surface area contributed by atoms with E-state index >= 15 is 0 Å². The lowest BCUT2D eigenvalue weighted by Gasteiger charge is -2.10. The highest BCUT2D eigenvalue weighted by molar-refractivity contribution is 5.62. The number of hydrogen-bond acceptors (Lipinski definition) is 4. The average molecular weight is 151 g/mol. The van der Waals surface area contributed by atoms with Gasteiger partial charge in [-0.25, -0.2) is 15.3 Å². The molecular weight excluding hydrogens is 146 g/mol. The monoisotopic (exact) mass is 151 g/mol. The Bertz CT molecular complexity index is 355. The minimum Gasteiger partial charge on any atom is -0.389 e. The van der Waals surface area contributed by atoms with E-state index in [2.05, 4.69) is 15.4 Å². The number of anilines is 1. The van der Waals surface area contributed by atoms with E-state index in [-0.39, 0.29) is 0 Å². The van der Waals surface area contributed by atoms with Crippen molar-refractivity contribution < 1.29 is 4.84 Å². The molecule has 0 unspecified atom stereocenters. The lowest BCUT2D eigenvalue weighted by Crippen LogP contribution is -2.15. The number of fused-ring (bicyclic) bond motifs is 1. The van der Waals surface area contributed by atoms with Crippen LogP contribution in [-0.4, -0.2) is 9.97 Å². The molecule has 0 saturated heterocycles. The molecule has 0 bridgehead atoms. The van der Waals surface area contributed by atoms with Gasteiger partial charge in [-0.05, 0) is 6.08 Å². The summed E-state index contributed by atoms with van der Waals surface area (Å²) in [6.45, 7) is 0. The first kappa shape index (κ1) is 5.96. The van der Waals surface area contributed by atoms with Gasteiger partial charge in [0.1, 0.15) is 6.26 Å². The Hall–Kier alpha value is -1.78. The maximum atomic E-state index is 10.7. The molecule has 11 heavy (non-hydrogen) atoms. The van der Waals surface area contributed by atoms with Crippen molar-refractivity contribution in [3.8, 4) is 0 Å². The number of aromatic nitrogens is 2. The summed E-state index contributed by atoms with van der Waals surface area (Å²) in [6, 6.07) is 0. The Morgan fingerprint density at radius 1 is 1.55 bits per heavy atom. The number of nitrogens with zero attached hydrogens (tertiary/aromatic N) is 1. The summed E-state index contributed by atoms with van der Waals surface area (Å²) >= 11 is 0. The lowest BCUT2D eigenvalue weighted by molar-refractivity contribution is 0.326. The van der Waals surface area contributed by atoms with Crippen molar-refractivity contribution in [2.45, 2.75) is 0 Å². The maximum Gasteiger partial charge on any atom is 0.346 e. The standard InChI is InChI=1S/C6H5N3O2/c10-6-7-3-4-1-2-11-9-5(4)8-6/h1-3H,(H2,7,8,9,10). The molecule has 2 N–H and O–H groups in total. The number of aromatic amines is 1. The number of H-pyrrole nitrogens is 1. The predicted molar refractivity (Wildman–Crippen MR) is 38.6 cm³/mol. The quantitative estimate of drug-likeness (QED) is 0.551. The Morgan fingerprint density at radius 2 is 2.45 bits per heavy atom. The van der Waals surface area contributed by atoms with E-state index in [4.69, 9.17) is 4.84 Å². The van der Waals surface area contributed by atoms with E-state index in [0.29, 0.717) is 5.82 Å². The topological polar surface area (TPSA) is 67.0 Å². The van der Waals surface area contributed by atoms with E-state index in [9.17, 15) is 4.79 Å². The molecule has 0 saturated carbocycles. The van der Waals surface area contributed by atoms with Gasteiger partial charge in [0.15, 0.2) is 5.82 Å². The third-order valence-corrected chi connectivity index (χ3v) is 1.32. The maximum absolute atomic E-state index is 10.7. The molecule has 0 radical (unpaired) electrons. The van der Waals surface area contributed by atoms with Crippen LogP contribution in [0.2, 0.25) is 0 Å². The van der Waals surface area contributed by atoms with E-state index in [0.717, 1.165) is 5.56 Å². The first-order valence-corrected chi connectivity index (χ1v) is 3.04. The molecule has 5 nitrogen and oxygen atoms in total. The van der Waals surface area contributed by atoms with Gasteiger partial charge in [0.2, 0.25) is 0 Å². The zero-order chi connectivity index (χ0) is 7.68. The Labute approximate surface area is 61.7 Å². The summed E-state index contributed by atoms with van der Waals surface area (Å²) in [5.74, 6) is 0.535. The zero-order valence-corrected chi connectivity index (χ0v) is 5.50. The molecule has 2 heterocycles. The highest BCUT2D eigenvalue weighted by Gasteiger charge is 2.04. The van der Waals surface area contributed by atoms with Gasteiger partial charge in [0.05, 0.1) is 0 Å². The van der Waals surface area contributed by atoms with Crippen LogP contribution in [0.1, 0.15) is 5.56 Å². The Balaban J connectivity index is 2.62. The van der Waals surface area contributed by atoms with E-state index < -0.39 is 5.69 Å². The van der Waals surface area contributed by atoms with Crippen LogP contribution in [0.3, 0.4) is 0 Å². The third-order valence-electron chi connectivity index (χ3n) is 1.32. The molecule has 1 aliphatic rings. The van der Waals surface area contributed by atoms with Crippen LogP contribution in [0.5, 0.6) is 0 Å². The van der Waals surface area contributed by atoms with E-state index in [1.165, 1.54) is 12.5 Å². The first-order valence-electron chi connectivity index (χ1n) is 3.04. The van der Waals surface area contributed by atoms with Gasteiger partial charge in [-0.3, -0.25) is 4.98 Å². The second-order valence-electron chi connectivity index (χ2n) is 2.04. The summed E-state index contributed by atoms with van der Waals surface area (Å²) in [7, 11) is 0. The van der Waals surface area contributed by atoms with Gasteiger partial charge in [0, 0.05) is 11.8 Å². The van der Waals surface area contributed by atoms with Crippen molar-refractivity contribution in [1.29, 1.82) is 0 Å². The largest absolute Gasteiger partial charge is 0.389 e. The fourth-order valence-electron chi connectivity index (χ4n) is 0.815. The van der Waals surface area contributed by atoms with Gasteiger partial charge >= 0.3 is 5.69 Å². The molecule has 5 heteroatoms. The highest BCUT2D eigenvalue weighted by Crippen LogP contribution is 2.14. The molecule has 1 aromatic rings. The van der Waals surface area contributed by atoms with Gasteiger partial charge in [-0.2, -0.15) is 0 Å². The molecule has 0 fully saturated rings. The van der Waals surface area contributed by atoms with Crippen molar-refractivity contribution in [2.75, 3.05) is 5.48 Å². The van der Waals surface area contributed by atoms with Gasteiger partial charge in [0.25, 0.3) is 0 Å². The van der Waals surface area contributed by atoms with Crippen LogP contribution < -0.4 is 11.2 Å². The van der Waals surface area contributed by atoms with Gasteiger partial charge in [-0.15, -0.1) is 0 Å². The van der Waals surface area contributed by atoms with E-state index in [1.54, 1.807) is 6.08 Å². The fourth-order valence-corrected chi connectivity index (χ4v) is 0.815. The molecule has 2 rings (SSSR count). The van der Waals surface area contributed by atoms with Crippen LogP contribution in [0.25, 0.3) is 6.08 Å². The zero-order valence-electron chi connectivity index (χ0n) is 5.50. The second-order valence-corrected chi connectivity index (χ2v) is 2.04. The van der Waals surface area contributed by atoms with Gasteiger partial charge < -0.3 is 4.84 Å². The fraction of sp³-hybridized carbons (Fsp3) is 0. The highest BCUT2D eigenvalue weighted by atomic mass is 16.6. The van der Waals surface area contributed by atoms with Crippen molar-refractivity contribution in [1.82, 2.24) is 9.97 Å². The van der Waals surface area contributed by atoms with Crippen molar-refractivity contribution in [3.63, 3.8) is 0 Å². The van der Waals surface area contributed by atoms with Crippen molar-refractivity contribution >= 4 is 11.9 Å². The number of rotatable bonds is 0. The van der Waals surface area contributed by atoms with Gasteiger partial charge in [-0.1, -0.05) is 0 Å². The molecule has 1 aliphatic heterocycles. The van der Waals surface area contributed by atoms with E-state index in [1.807, 2.05) is 0 Å². The predicted octanol–water partition coefficient (Wildman–Crippen LogP) is 0.0977. The summed E-state index contributed by atoms with van der Waals surface area (Å²) in [5, 5.41) is 0. The molecule has 0 amide bonds. The molecule has 1 aromatic heterocycles. The SMILES string of the molecule is O=c1ncc2c([nH]1)NOC=C2. The molecular formula is C6H5N3O2. The lowest BCUT2D eigenvalue weighted by atomic mass is 10.3. The minimum atomic E-state index is -0.393. The molecule has 0 aromatic carbocycles. The number of nitrogens with one attached hydrogen (secondary N) is 2. The summed E-state index contributed by atoms with van der Waals surface area (Å²) in [4.78, 5) is 21.4. The Morgan fingerprint density at radius 3 is 3.36 bits per heavy atom. The summed E-state index contributed by atoms with van der Waals surface area (Å²) in [5.41, 5.74) is 2.93. The second kappa shape index (κ2) is 2.12. The van der Waals surface area contributed by atoms with Crippen molar-refractivity contribution in [2.24, 2.45) is 0 Å². The summed E-state index contributed by atoms with van der Waals surface area (Å²) < 4.78 is 0. The number of hydrogen-bond donors (Lipinski definition) is 2. The third kappa shape index (κ3) is 0.958. The molecule has 56 valence electrons.